The van der Waals surface area contributed by atoms with Crippen LogP contribution in [0.1, 0.15) is 45.2 Å². The predicted octanol–water partition coefficient (Wildman–Crippen LogP) is 3.27. The molecule has 0 bridgehead atoms. The van der Waals surface area contributed by atoms with Gasteiger partial charge >= 0.3 is 0 Å². The van der Waals surface area contributed by atoms with Crippen molar-refractivity contribution in [3.63, 3.8) is 0 Å². The summed E-state index contributed by atoms with van der Waals surface area (Å²) in [5.74, 6) is 1.51. The molecule has 0 radical (unpaired) electrons. The Kier molecular flexibility index (Phi) is 5.34. The van der Waals surface area contributed by atoms with Crippen molar-refractivity contribution >= 4 is 11.8 Å². The van der Waals surface area contributed by atoms with Gasteiger partial charge in [0, 0.05) is 13.1 Å². The minimum atomic E-state index is -0.308. The van der Waals surface area contributed by atoms with E-state index in [1.165, 1.54) is 5.03 Å². The molecule has 2 atom stereocenters. The summed E-state index contributed by atoms with van der Waals surface area (Å²) < 4.78 is 1.94. The van der Waals surface area contributed by atoms with Crippen molar-refractivity contribution in [2.75, 3.05) is 5.75 Å². The van der Waals surface area contributed by atoms with Crippen LogP contribution >= 0.6 is 11.8 Å². The van der Waals surface area contributed by atoms with Gasteiger partial charge in [-0.2, -0.15) is 10.4 Å². The second-order valence-electron chi connectivity index (χ2n) is 6.36. The molecule has 2 rings (SSSR count). The average molecular weight is 306 g/mol. The predicted molar refractivity (Wildman–Crippen MR) is 87.2 cm³/mol. The molecule has 116 valence electrons. The van der Waals surface area contributed by atoms with Crippen molar-refractivity contribution in [1.82, 2.24) is 15.1 Å². The van der Waals surface area contributed by atoms with Crippen LogP contribution in [0.15, 0.2) is 11.1 Å². The standard InChI is InChI=1S/C16H26N4S/c1-12(2)18-16(11-17)8-5-6-14(16)7-9-21-15-10-13(3)19-20(15)4/h10,12,14,18H,5-9H2,1-4H3. The van der Waals surface area contributed by atoms with Gasteiger partial charge in [-0.1, -0.05) is 6.42 Å². The number of aryl methyl sites for hydroxylation is 2. The molecule has 2 unspecified atom stereocenters. The van der Waals surface area contributed by atoms with Gasteiger partial charge < -0.3 is 0 Å². The molecular formula is C16H26N4S. The van der Waals surface area contributed by atoms with Crippen molar-refractivity contribution in [3.05, 3.63) is 11.8 Å². The molecule has 5 heteroatoms. The Labute approximate surface area is 132 Å². The summed E-state index contributed by atoms with van der Waals surface area (Å²) in [7, 11) is 1.99. The van der Waals surface area contributed by atoms with E-state index in [1.54, 1.807) is 0 Å². The zero-order valence-corrected chi connectivity index (χ0v) is 14.3. The minimum absolute atomic E-state index is 0.308. The molecule has 0 aromatic carbocycles. The van der Waals surface area contributed by atoms with Gasteiger partial charge in [0.2, 0.25) is 0 Å². The van der Waals surface area contributed by atoms with E-state index in [0.29, 0.717) is 12.0 Å². The summed E-state index contributed by atoms with van der Waals surface area (Å²) in [5.41, 5.74) is 0.755. The molecule has 1 aliphatic carbocycles. The van der Waals surface area contributed by atoms with E-state index in [0.717, 1.165) is 37.1 Å². The van der Waals surface area contributed by atoms with Gasteiger partial charge in [-0.3, -0.25) is 10.00 Å². The highest BCUT2D eigenvalue weighted by Crippen LogP contribution is 2.39. The summed E-state index contributed by atoms with van der Waals surface area (Å²) >= 11 is 1.85. The van der Waals surface area contributed by atoms with Crippen molar-refractivity contribution in [2.24, 2.45) is 13.0 Å². The summed E-state index contributed by atoms with van der Waals surface area (Å²) in [6.45, 7) is 6.28. The number of nitriles is 1. The monoisotopic (exact) mass is 306 g/mol. The van der Waals surface area contributed by atoms with Crippen LogP contribution in [0, 0.1) is 24.2 Å². The molecule has 1 N–H and O–H groups in total. The van der Waals surface area contributed by atoms with Crippen LogP contribution in [0.5, 0.6) is 0 Å². The normalized spacial score (nSPS) is 25.4. The van der Waals surface area contributed by atoms with Gasteiger partial charge in [0.1, 0.15) is 5.54 Å². The molecule has 0 aliphatic heterocycles. The fourth-order valence-electron chi connectivity index (χ4n) is 3.38. The number of hydrogen-bond acceptors (Lipinski definition) is 4. The Morgan fingerprint density at radius 1 is 1.62 bits per heavy atom. The fraction of sp³-hybridized carbons (Fsp3) is 0.750. The van der Waals surface area contributed by atoms with E-state index in [2.05, 4.69) is 36.4 Å². The minimum Gasteiger partial charge on any atom is -0.297 e. The smallest absolute Gasteiger partial charge is 0.109 e. The van der Waals surface area contributed by atoms with E-state index in [4.69, 9.17) is 0 Å². The topological polar surface area (TPSA) is 53.6 Å². The zero-order chi connectivity index (χ0) is 15.5. The van der Waals surface area contributed by atoms with Crippen LogP contribution in [0.25, 0.3) is 0 Å². The lowest BCUT2D eigenvalue weighted by Crippen LogP contribution is -2.50. The molecule has 1 heterocycles. The first-order chi connectivity index (χ1) is 9.97. The third-order valence-corrected chi connectivity index (χ3v) is 5.36. The van der Waals surface area contributed by atoms with Crippen LogP contribution < -0.4 is 5.32 Å². The number of nitrogens with one attached hydrogen (secondary N) is 1. The zero-order valence-electron chi connectivity index (χ0n) is 13.5. The van der Waals surface area contributed by atoms with E-state index in [-0.39, 0.29) is 5.54 Å². The highest BCUT2D eigenvalue weighted by Gasteiger charge is 2.42. The second-order valence-corrected chi connectivity index (χ2v) is 7.47. The van der Waals surface area contributed by atoms with Crippen LogP contribution in [0.2, 0.25) is 0 Å². The second kappa shape index (κ2) is 6.85. The van der Waals surface area contributed by atoms with Crippen molar-refractivity contribution in [3.8, 4) is 6.07 Å². The Balaban J connectivity index is 1.92. The van der Waals surface area contributed by atoms with E-state index < -0.39 is 0 Å². The molecule has 4 nitrogen and oxygen atoms in total. The molecule has 1 fully saturated rings. The van der Waals surface area contributed by atoms with Gasteiger partial charge in [0.25, 0.3) is 0 Å². The lowest BCUT2D eigenvalue weighted by atomic mass is 9.86. The maximum Gasteiger partial charge on any atom is 0.109 e. The molecule has 1 saturated carbocycles. The maximum absolute atomic E-state index is 9.67. The lowest BCUT2D eigenvalue weighted by molar-refractivity contribution is 0.289. The molecule has 0 amide bonds. The highest BCUT2D eigenvalue weighted by atomic mass is 32.2. The SMILES string of the molecule is Cc1cc(SCCC2CCCC2(C#N)NC(C)C)n(C)n1. The summed E-state index contributed by atoms with van der Waals surface area (Å²) in [4.78, 5) is 0. The Morgan fingerprint density at radius 3 is 2.95 bits per heavy atom. The molecule has 0 saturated heterocycles. The number of nitrogens with zero attached hydrogens (tertiary/aromatic N) is 3. The van der Waals surface area contributed by atoms with Gasteiger partial charge in [-0.25, -0.2) is 0 Å². The number of hydrogen-bond donors (Lipinski definition) is 1. The highest BCUT2D eigenvalue weighted by molar-refractivity contribution is 7.99. The first-order valence-corrected chi connectivity index (χ1v) is 8.78. The van der Waals surface area contributed by atoms with Crippen molar-refractivity contribution in [1.29, 1.82) is 5.26 Å². The first kappa shape index (κ1) is 16.4. The fourth-order valence-corrected chi connectivity index (χ4v) is 4.47. The summed E-state index contributed by atoms with van der Waals surface area (Å²) in [6.07, 6.45) is 4.40. The quantitative estimate of drug-likeness (QED) is 0.820. The van der Waals surface area contributed by atoms with Crippen molar-refractivity contribution in [2.45, 2.75) is 63.1 Å². The average Bonchev–Trinajstić information content (AvgIpc) is 2.94. The van der Waals surface area contributed by atoms with Crippen LogP contribution in [0.4, 0.5) is 0 Å². The first-order valence-electron chi connectivity index (χ1n) is 7.79. The number of thioether (sulfide) groups is 1. The third kappa shape index (κ3) is 3.81. The third-order valence-electron chi connectivity index (χ3n) is 4.24. The summed E-state index contributed by atoms with van der Waals surface area (Å²) in [5, 5.41) is 18.8. The van der Waals surface area contributed by atoms with Gasteiger partial charge in [-0.05, 0) is 57.8 Å². The largest absolute Gasteiger partial charge is 0.297 e. The van der Waals surface area contributed by atoms with Crippen molar-refractivity contribution < 1.29 is 0 Å². The van der Waals surface area contributed by atoms with Crippen LogP contribution in [-0.4, -0.2) is 27.1 Å². The molecule has 1 aromatic heterocycles. The van der Waals surface area contributed by atoms with E-state index >= 15 is 0 Å². The van der Waals surface area contributed by atoms with Crippen LogP contribution in [0.3, 0.4) is 0 Å². The van der Waals surface area contributed by atoms with Gasteiger partial charge in [0.05, 0.1) is 16.8 Å². The molecule has 0 spiro atoms. The molecular weight excluding hydrogens is 280 g/mol. The van der Waals surface area contributed by atoms with Crippen LogP contribution in [-0.2, 0) is 7.05 Å². The van der Waals surface area contributed by atoms with Gasteiger partial charge in [0.15, 0.2) is 0 Å². The van der Waals surface area contributed by atoms with E-state index in [1.807, 2.05) is 30.4 Å². The number of aromatic nitrogens is 2. The summed E-state index contributed by atoms with van der Waals surface area (Å²) in [6, 6.07) is 5.07. The lowest BCUT2D eigenvalue weighted by Gasteiger charge is -2.32. The maximum atomic E-state index is 9.67. The Bertz CT molecular complexity index is 517. The Morgan fingerprint density at radius 2 is 2.38 bits per heavy atom. The molecule has 1 aromatic rings. The Hall–Kier alpha value is -0.990. The molecule has 21 heavy (non-hydrogen) atoms. The van der Waals surface area contributed by atoms with Gasteiger partial charge in [-0.15, -0.1) is 11.8 Å². The number of rotatable bonds is 6. The molecule has 1 aliphatic rings. The van der Waals surface area contributed by atoms with E-state index in [9.17, 15) is 5.26 Å².